The fourth-order valence-electron chi connectivity index (χ4n) is 3.29. The van der Waals surface area contributed by atoms with Gasteiger partial charge in [0.1, 0.15) is 11.4 Å². The molecule has 1 aliphatic rings. The average Bonchev–Trinajstić information content (AvgIpc) is 2.58. The van der Waals surface area contributed by atoms with Crippen LogP contribution in [0.4, 0.5) is 18.9 Å². The van der Waals surface area contributed by atoms with Crippen molar-refractivity contribution >= 4 is 21.6 Å². The van der Waals surface area contributed by atoms with Gasteiger partial charge in [-0.25, -0.2) is 12.7 Å². The number of likely N-dealkylation sites (N-methyl/N-ethyl adjacent to an activating group) is 1. The molecule has 1 saturated heterocycles. The number of sulfonamides is 1. The van der Waals surface area contributed by atoms with Gasteiger partial charge in [-0.1, -0.05) is 20.8 Å². The highest BCUT2D eigenvalue weighted by Crippen LogP contribution is 2.30. The number of nitrogens with zero attached hydrogens (tertiary/aromatic N) is 2. The van der Waals surface area contributed by atoms with E-state index in [0.717, 1.165) is 17.0 Å². The van der Waals surface area contributed by atoms with Gasteiger partial charge >= 0.3 is 6.36 Å². The molecule has 1 heterocycles. The standard InChI is InChI=1S/C19H27F3N2O5S/c1-17(2,3)13-30(27,28)24-11-9-18(26,10-12-24)16(25)23(4)14-5-7-15(8-6-14)29-19(20,21)22/h5-8,26H,9-13H2,1-4H3. The molecule has 1 aromatic carbocycles. The molecule has 0 aliphatic carbocycles. The van der Waals surface area contributed by atoms with Gasteiger partial charge in [0.2, 0.25) is 10.0 Å². The first kappa shape index (κ1) is 24.4. The number of ether oxygens (including phenoxy) is 1. The smallest absolute Gasteiger partial charge is 0.406 e. The second kappa shape index (κ2) is 8.35. The lowest BCUT2D eigenvalue weighted by Gasteiger charge is -2.39. The number of carbonyl (C=O) groups excluding carboxylic acids is 1. The number of anilines is 1. The van der Waals surface area contributed by atoms with E-state index < -0.39 is 39.1 Å². The first-order chi connectivity index (χ1) is 13.5. The molecule has 1 fully saturated rings. The normalized spacial score (nSPS) is 18.1. The third-order valence-electron chi connectivity index (χ3n) is 4.72. The lowest BCUT2D eigenvalue weighted by molar-refractivity contribution is -0.274. The second-order valence-corrected chi connectivity index (χ2v) is 10.6. The molecule has 0 atom stereocenters. The van der Waals surface area contributed by atoms with E-state index in [-0.39, 0.29) is 37.4 Å². The van der Waals surface area contributed by atoms with Gasteiger partial charge in [-0.3, -0.25) is 4.79 Å². The Hall–Kier alpha value is -1.85. The second-order valence-electron chi connectivity index (χ2n) is 8.65. The zero-order valence-corrected chi connectivity index (χ0v) is 18.2. The van der Waals surface area contributed by atoms with Gasteiger partial charge in [0.25, 0.3) is 5.91 Å². The van der Waals surface area contributed by atoms with Crippen LogP contribution in [-0.2, 0) is 14.8 Å². The van der Waals surface area contributed by atoms with Gasteiger partial charge in [0.05, 0.1) is 5.75 Å². The molecule has 30 heavy (non-hydrogen) atoms. The molecule has 7 nitrogen and oxygen atoms in total. The van der Waals surface area contributed by atoms with Gasteiger partial charge < -0.3 is 14.7 Å². The number of carbonyl (C=O) groups is 1. The van der Waals surface area contributed by atoms with Gasteiger partial charge in [0.15, 0.2) is 0 Å². The molecule has 0 aromatic heterocycles. The van der Waals surface area contributed by atoms with Crippen LogP contribution in [0.1, 0.15) is 33.6 Å². The molecular weight excluding hydrogens is 425 g/mol. The van der Waals surface area contributed by atoms with Crippen molar-refractivity contribution < 1.29 is 36.2 Å². The van der Waals surface area contributed by atoms with Gasteiger partial charge in [-0.15, -0.1) is 13.2 Å². The van der Waals surface area contributed by atoms with Crippen molar-refractivity contribution in [2.24, 2.45) is 5.41 Å². The number of alkyl halides is 3. The molecule has 1 aromatic rings. The van der Waals surface area contributed by atoms with Crippen molar-refractivity contribution in [1.82, 2.24) is 4.31 Å². The number of hydrogen-bond donors (Lipinski definition) is 1. The van der Waals surface area contributed by atoms with Crippen molar-refractivity contribution in [1.29, 1.82) is 0 Å². The van der Waals surface area contributed by atoms with Gasteiger partial charge in [-0.05, 0) is 42.5 Å². The maximum Gasteiger partial charge on any atom is 0.573 e. The molecule has 1 N–H and O–H groups in total. The Morgan fingerprint density at radius 3 is 2.10 bits per heavy atom. The molecular formula is C19H27F3N2O5S. The predicted octanol–water partition coefficient (Wildman–Crippen LogP) is 2.75. The van der Waals surface area contributed by atoms with E-state index in [4.69, 9.17) is 0 Å². The fraction of sp³-hybridized carbons (Fsp3) is 0.632. The van der Waals surface area contributed by atoms with Crippen molar-refractivity contribution in [2.45, 2.75) is 45.6 Å². The largest absolute Gasteiger partial charge is 0.573 e. The summed E-state index contributed by atoms with van der Waals surface area (Å²) in [6.45, 7) is 5.46. The monoisotopic (exact) mass is 452 g/mol. The minimum Gasteiger partial charge on any atom is -0.406 e. The van der Waals surface area contributed by atoms with Crippen LogP contribution in [0.2, 0.25) is 0 Å². The molecule has 0 unspecified atom stereocenters. The summed E-state index contributed by atoms with van der Waals surface area (Å²) in [4.78, 5) is 14.0. The highest BCUT2D eigenvalue weighted by atomic mass is 32.2. The van der Waals surface area contributed by atoms with E-state index in [1.54, 1.807) is 0 Å². The molecule has 170 valence electrons. The summed E-state index contributed by atoms with van der Waals surface area (Å²) < 4.78 is 66.9. The van der Waals surface area contributed by atoms with Crippen molar-refractivity contribution in [3.05, 3.63) is 24.3 Å². The molecule has 1 amide bonds. The summed E-state index contributed by atoms with van der Waals surface area (Å²) in [6.07, 6.45) is -4.97. The summed E-state index contributed by atoms with van der Waals surface area (Å²) >= 11 is 0. The number of rotatable bonds is 5. The molecule has 1 aliphatic heterocycles. The molecule has 0 bridgehead atoms. The number of benzene rings is 1. The zero-order valence-electron chi connectivity index (χ0n) is 17.4. The Balaban J connectivity index is 2.05. The lowest BCUT2D eigenvalue weighted by Crippen LogP contribution is -2.55. The number of hydrogen-bond acceptors (Lipinski definition) is 5. The van der Waals surface area contributed by atoms with Crippen LogP contribution in [0.25, 0.3) is 0 Å². The Labute approximate surface area is 174 Å². The molecule has 0 saturated carbocycles. The number of aliphatic hydroxyl groups is 1. The van der Waals surface area contributed by atoms with Crippen molar-refractivity contribution in [3.63, 3.8) is 0 Å². The summed E-state index contributed by atoms with van der Waals surface area (Å²) in [5, 5.41) is 10.8. The minimum absolute atomic E-state index is 0.00680. The zero-order chi connectivity index (χ0) is 23.0. The van der Waals surface area contributed by atoms with Crippen LogP contribution in [0, 0.1) is 5.41 Å². The predicted molar refractivity (Wildman–Crippen MR) is 106 cm³/mol. The third kappa shape index (κ3) is 6.32. The Morgan fingerprint density at radius 1 is 1.17 bits per heavy atom. The maximum absolute atomic E-state index is 12.8. The quantitative estimate of drug-likeness (QED) is 0.743. The van der Waals surface area contributed by atoms with E-state index in [0.29, 0.717) is 0 Å². The summed E-state index contributed by atoms with van der Waals surface area (Å²) in [5.74, 6) is -1.12. The summed E-state index contributed by atoms with van der Waals surface area (Å²) in [5.41, 5.74) is -1.92. The highest BCUT2D eigenvalue weighted by Gasteiger charge is 2.44. The molecule has 0 spiro atoms. The third-order valence-corrected chi connectivity index (χ3v) is 7.10. The highest BCUT2D eigenvalue weighted by molar-refractivity contribution is 7.89. The van der Waals surface area contributed by atoms with Crippen LogP contribution >= 0.6 is 0 Å². The number of amides is 1. The number of halogens is 3. The van der Waals surface area contributed by atoms with E-state index in [1.807, 2.05) is 20.8 Å². The topological polar surface area (TPSA) is 87.2 Å². The van der Waals surface area contributed by atoms with Gasteiger partial charge in [-0.2, -0.15) is 0 Å². The lowest BCUT2D eigenvalue weighted by atomic mass is 9.91. The minimum atomic E-state index is -4.82. The van der Waals surface area contributed by atoms with Crippen LogP contribution in [0.5, 0.6) is 5.75 Å². The summed E-state index contributed by atoms with van der Waals surface area (Å²) in [7, 11) is -2.13. The van der Waals surface area contributed by atoms with Crippen LogP contribution < -0.4 is 9.64 Å². The first-order valence-corrected chi connectivity index (χ1v) is 11.0. The van der Waals surface area contributed by atoms with Crippen LogP contribution in [0.15, 0.2) is 24.3 Å². The molecule has 0 radical (unpaired) electrons. The summed E-state index contributed by atoms with van der Waals surface area (Å²) in [6, 6.07) is 4.67. The fourth-order valence-corrected chi connectivity index (χ4v) is 5.30. The van der Waals surface area contributed by atoms with Crippen LogP contribution in [-0.4, -0.2) is 61.6 Å². The van der Waals surface area contributed by atoms with Crippen LogP contribution in [0.3, 0.4) is 0 Å². The Morgan fingerprint density at radius 2 is 1.67 bits per heavy atom. The number of piperidine rings is 1. The maximum atomic E-state index is 12.8. The van der Waals surface area contributed by atoms with E-state index in [1.165, 1.54) is 23.5 Å². The first-order valence-electron chi connectivity index (χ1n) is 9.37. The van der Waals surface area contributed by atoms with Gasteiger partial charge in [0, 0.05) is 25.8 Å². The van der Waals surface area contributed by atoms with E-state index in [2.05, 4.69) is 4.74 Å². The SMILES string of the molecule is CN(C(=O)C1(O)CCN(S(=O)(=O)CC(C)(C)C)CC1)c1ccc(OC(F)(F)F)cc1. The average molecular weight is 452 g/mol. The van der Waals surface area contributed by atoms with E-state index >= 15 is 0 Å². The molecule has 11 heteroatoms. The van der Waals surface area contributed by atoms with E-state index in [9.17, 15) is 31.5 Å². The van der Waals surface area contributed by atoms with Crippen molar-refractivity contribution in [3.8, 4) is 5.75 Å². The molecule has 2 rings (SSSR count). The van der Waals surface area contributed by atoms with Crippen molar-refractivity contribution in [2.75, 3.05) is 30.8 Å². The Bertz CT molecular complexity index is 856. The Kier molecular flexibility index (Phi) is 6.80.